The van der Waals surface area contributed by atoms with Gasteiger partial charge in [-0.15, -0.1) is 0 Å². The fraction of sp³-hybridized carbons (Fsp3) is 0.381. The number of nitrogens with zero attached hydrogens (tertiary/aromatic N) is 3. The van der Waals surface area contributed by atoms with E-state index in [1.54, 1.807) is 12.4 Å². The van der Waals surface area contributed by atoms with Crippen molar-refractivity contribution < 1.29 is 9.21 Å². The third kappa shape index (κ3) is 2.61. The van der Waals surface area contributed by atoms with Crippen LogP contribution in [0.5, 0.6) is 0 Å². The number of hydrogen-bond acceptors (Lipinski definition) is 4. The summed E-state index contributed by atoms with van der Waals surface area (Å²) < 4.78 is 7.42. The largest absolute Gasteiger partial charge is 0.466 e. The number of aromatic nitrogens is 3. The van der Waals surface area contributed by atoms with E-state index in [1.807, 2.05) is 41.5 Å². The van der Waals surface area contributed by atoms with Crippen molar-refractivity contribution in [3.05, 3.63) is 63.7 Å². The van der Waals surface area contributed by atoms with E-state index < -0.39 is 0 Å². The number of likely N-dealkylation sites (tertiary alicyclic amines) is 1. The van der Waals surface area contributed by atoms with Crippen molar-refractivity contribution in [2.75, 3.05) is 13.1 Å². The highest BCUT2D eigenvalue weighted by Gasteiger charge is 2.37. The van der Waals surface area contributed by atoms with E-state index in [4.69, 9.17) is 4.42 Å². The van der Waals surface area contributed by atoms with Crippen LogP contribution in [0.25, 0.3) is 11.4 Å². The highest BCUT2D eigenvalue weighted by Crippen LogP contribution is 2.36. The molecule has 28 heavy (non-hydrogen) atoms. The monoisotopic (exact) mass is 378 g/mol. The van der Waals surface area contributed by atoms with Gasteiger partial charge in [-0.25, -0.2) is 4.98 Å². The molecule has 2 bridgehead atoms. The summed E-state index contributed by atoms with van der Waals surface area (Å²) in [6.07, 6.45) is 4.38. The van der Waals surface area contributed by atoms with E-state index in [1.165, 1.54) is 0 Å². The van der Waals surface area contributed by atoms with Crippen LogP contribution >= 0.6 is 0 Å². The molecule has 7 nitrogen and oxygen atoms in total. The molecule has 7 heteroatoms. The molecular formula is C21H22N4O3. The Kier molecular flexibility index (Phi) is 3.79. The number of hydrogen-bond donors (Lipinski definition) is 1. The van der Waals surface area contributed by atoms with Crippen LogP contribution in [0.3, 0.4) is 0 Å². The first-order valence-corrected chi connectivity index (χ1v) is 9.61. The molecule has 0 saturated carbocycles. The number of furan rings is 1. The van der Waals surface area contributed by atoms with Gasteiger partial charge in [-0.05, 0) is 44.4 Å². The minimum absolute atomic E-state index is 0.0109. The van der Waals surface area contributed by atoms with Crippen molar-refractivity contribution in [2.24, 2.45) is 5.92 Å². The lowest BCUT2D eigenvalue weighted by Gasteiger charge is -2.42. The Morgan fingerprint density at radius 1 is 1.25 bits per heavy atom. The van der Waals surface area contributed by atoms with Gasteiger partial charge in [0.2, 0.25) is 0 Å². The number of piperidine rings is 1. The predicted octanol–water partition coefficient (Wildman–Crippen LogP) is 2.71. The summed E-state index contributed by atoms with van der Waals surface area (Å²) in [5, 5.41) is 0. The maximum atomic E-state index is 13.0. The summed E-state index contributed by atoms with van der Waals surface area (Å²) >= 11 is 0. The van der Waals surface area contributed by atoms with Gasteiger partial charge >= 0.3 is 0 Å². The first kappa shape index (κ1) is 17.0. The number of aryl methyl sites for hydroxylation is 2. The SMILES string of the molecule is Cc1cc(C(=O)N2C[C@@H]3C[C@H](C2)c2ccc(-c4ncc[nH]4)c(=O)n2C3)c(C)o1. The fourth-order valence-corrected chi connectivity index (χ4v) is 4.72. The lowest BCUT2D eigenvalue weighted by Crippen LogP contribution is -2.49. The van der Waals surface area contributed by atoms with Gasteiger partial charge in [0.1, 0.15) is 17.3 Å². The molecular weight excluding hydrogens is 356 g/mol. The van der Waals surface area contributed by atoms with Gasteiger partial charge in [0.25, 0.3) is 11.5 Å². The predicted molar refractivity (Wildman–Crippen MR) is 103 cm³/mol. The molecule has 0 radical (unpaired) electrons. The average molecular weight is 378 g/mol. The molecule has 1 N–H and O–H groups in total. The highest BCUT2D eigenvalue weighted by molar-refractivity contribution is 5.95. The second-order valence-electron chi connectivity index (χ2n) is 7.86. The lowest BCUT2D eigenvalue weighted by atomic mass is 9.82. The van der Waals surface area contributed by atoms with Crippen molar-refractivity contribution in [3.8, 4) is 11.4 Å². The molecule has 0 aliphatic carbocycles. The van der Waals surface area contributed by atoms with Crippen molar-refractivity contribution in [3.63, 3.8) is 0 Å². The van der Waals surface area contributed by atoms with E-state index in [2.05, 4.69) is 9.97 Å². The third-order valence-corrected chi connectivity index (χ3v) is 5.92. The zero-order valence-corrected chi connectivity index (χ0v) is 15.9. The van der Waals surface area contributed by atoms with E-state index in [0.717, 1.165) is 17.9 Å². The van der Waals surface area contributed by atoms with E-state index in [-0.39, 0.29) is 23.3 Å². The number of amides is 1. The zero-order valence-electron chi connectivity index (χ0n) is 15.9. The van der Waals surface area contributed by atoms with Gasteiger partial charge in [-0.3, -0.25) is 9.59 Å². The number of nitrogens with one attached hydrogen (secondary N) is 1. The zero-order chi connectivity index (χ0) is 19.4. The Hall–Kier alpha value is -3.09. The molecule has 3 aromatic heterocycles. The molecule has 0 unspecified atom stereocenters. The minimum Gasteiger partial charge on any atom is -0.466 e. The Morgan fingerprint density at radius 2 is 2.11 bits per heavy atom. The number of rotatable bonds is 2. The Bertz CT molecular complexity index is 1110. The molecule has 5 rings (SSSR count). The summed E-state index contributed by atoms with van der Waals surface area (Å²) in [5.74, 6) is 2.47. The van der Waals surface area contributed by atoms with Crippen LogP contribution in [-0.2, 0) is 6.54 Å². The lowest BCUT2D eigenvalue weighted by molar-refractivity contribution is 0.0593. The molecule has 1 amide bonds. The second-order valence-corrected chi connectivity index (χ2v) is 7.86. The second kappa shape index (κ2) is 6.22. The average Bonchev–Trinajstić information content (AvgIpc) is 3.31. The maximum absolute atomic E-state index is 13.0. The summed E-state index contributed by atoms with van der Waals surface area (Å²) in [7, 11) is 0. The molecule has 2 aliphatic rings. The van der Waals surface area contributed by atoms with Crippen LogP contribution in [0.1, 0.15) is 39.9 Å². The third-order valence-electron chi connectivity index (χ3n) is 5.92. The van der Waals surface area contributed by atoms with Crippen LogP contribution in [-0.4, -0.2) is 38.4 Å². The van der Waals surface area contributed by atoms with Gasteiger partial charge in [0.05, 0.1) is 11.1 Å². The highest BCUT2D eigenvalue weighted by atomic mass is 16.3. The smallest absolute Gasteiger partial charge is 0.261 e. The van der Waals surface area contributed by atoms with Gasteiger partial charge in [-0.2, -0.15) is 0 Å². The molecule has 0 spiro atoms. The van der Waals surface area contributed by atoms with Gasteiger partial charge in [0.15, 0.2) is 0 Å². The van der Waals surface area contributed by atoms with Crippen molar-refractivity contribution in [2.45, 2.75) is 32.7 Å². The number of fused-ring (bicyclic) bond motifs is 4. The van der Waals surface area contributed by atoms with E-state index in [9.17, 15) is 9.59 Å². The quantitative estimate of drug-likeness (QED) is 0.743. The Morgan fingerprint density at radius 3 is 2.82 bits per heavy atom. The van der Waals surface area contributed by atoms with Gasteiger partial charge in [0, 0.05) is 43.6 Å². The van der Waals surface area contributed by atoms with Crippen LogP contribution in [0.2, 0.25) is 0 Å². The number of pyridine rings is 1. The molecule has 1 saturated heterocycles. The van der Waals surface area contributed by atoms with Gasteiger partial charge < -0.3 is 18.9 Å². The summed E-state index contributed by atoms with van der Waals surface area (Å²) in [6, 6.07) is 5.68. The summed E-state index contributed by atoms with van der Waals surface area (Å²) in [6.45, 7) is 5.60. The summed E-state index contributed by atoms with van der Waals surface area (Å²) in [4.78, 5) is 35.2. The molecule has 144 valence electrons. The standard InChI is InChI=1S/C21H22N4O3/c1-12-7-17(13(2)28-12)20(26)24-9-14-8-15(11-24)18-4-3-16(19-22-5-6-23-19)21(27)25(18)10-14/h3-7,14-15H,8-11H2,1-2H3,(H,22,23)/t14-,15+/m0/s1. The normalized spacial score (nSPS) is 20.9. The number of imidazole rings is 1. The topological polar surface area (TPSA) is 84.1 Å². The van der Waals surface area contributed by atoms with Crippen LogP contribution < -0.4 is 5.56 Å². The van der Waals surface area contributed by atoms with Crippen LogP contribution in [0.4, 0.5) is 0 Å². The number of H-pyrrole nitrogens is 1. The van der Waals surface area contributed by atoms with Crippen molar-refractivity contribution >= 4 is 5.91 Å². The van der Waals surface area contributed by atoms with Crippen molar-refractivity contribution in [1.29, 1.82) is 0 Å². The molecule has 5 heterocycles. The van der Waals surface area contributed by atoms with E-state index >= 15 is 0 Å². The first-order chi connectivity index (χ1) is 13.5. The molecule has 3 aromatic rings. The Labute approximate surface area is 162 Å². The summed E-state index contributed by atoms with van der Waals surface area (Å²) in [5.41, 5.74) is 2.23. The first-order valence-electron chi connectivity index (χ1n) is 9.61. The van der Waals surface area contributed by atoms with Gasteiger partial charge in [-0.1, -0.05) is 0 Å². The fourth-order valence-electron chi connectivity index (χ4n) is 4.72. The van der Waals surface area contributed by atoms with Crippen LogP contribution in [0, 0.1) is 19.8 Å². The molecule has 0 aromatic carbocycles. The molecule has 2 aliphatic heterocycles. The maximum Gasteiger partial charge on any atom is 0.261 e. The number of carbonyl (C=O) groups excluding carboxylic acids is 1. The molecule has 2 atom stereocenters. The Balaban J connectivity index is 1.47. The molecule has 1 fully saturated rings. The number of carbonyl (C=O) groups is 1. The van der Waals surface area contributed by atoms with E-state index in [0.29, 0.717) is 42.3 Å². The number of aromatic amines is 1. The minimum atomic E-state index is -0.0109. The van der Waals surface area contributed by atoms with Crippen LogP contribution in [0.15, 0.2) is 39.8 Å². The van der Waals surface area contributed by atoms with Crippen molar-refractivity contribution in [1.82, 2.24) is 19.4 Å².